The Morgan fingerprint density at radius 3 is 2.86 bits per heavy atom. The van der Waals surface area contributed by atoms with Crippen LogP contribution in [0.5, 0.6) is 5.75 Å². The first-order valence-electron chi connectivity index (χ1n) is 7.04. The van der Waals surface area contributed by atoms with Crippen molar-refractivity contribution >= 4 is 22.9 Å². The number of fused-ring (bicyclic) bond motifs is 1. The highest BCUT2D eigenvalue weighted by Gasteiger charge is 2.20. The zero-order valence-electron chi connectivity index (χ0n) is 11.9. The van der Waals surface area contributed by atoms with Crippen molar-refractivity contribution in [1.82, 2.24) is 0 Å². The van der Waals surface area contributed by atoms with Crippen LogP contribution in [-0.2, 0) is 0 Å². The Morgan fingerprint density at radius 1 is 1.29 bits per heavy atom. The molecule has 0 aromatic heterocycles. The van der Waals surface area contributed by atoms with Crippen LogP contribution in [0.4, 0.5) is 5.69 Å². The second-order valence-electron chi connectivity index (χ2n) is 5.27. The Hall–Kier alpha value is -2.07. The molecule has 0 radical (unpaired) electrons. The molecule has 1 heterocycles. The lowest BCUT2D eigenvalue weighted by Gasteiger charge is -2.27. The zero-order valence-corrected chi connectivity index (χ0v) is 12.7. The van der Waals surface area contributed by atoms with E-state index in [1.54, 1.807) is 0 Å². The first kappa shape index (κ1) is 13.9. The van der Waals surface area contributed by atoms with Gasteiger partial charge in [-0.15, -0.1) is 0 Å². The fourth-order valence-corrected chi connectivity index (χ4v) is 2.95. The maximum atomic E-state index is 5.71. The molecule has 0 fully saturated rings. The Kier molecular flexibility index (Phi) is 3.80. The molecule has 0 aliphatic carbocycles. The summed E-state index contributed by atoms with van der Waals surface area (Å²) in [4.78, 5) is 0.440. The molecule has 4 heteroatoms. The number of thiocarbonyl (C=S) groups is 1. The quantitative estimate of drug-likeness (QED) is 0.851. The minimum Gasteiger partial charge on any atom is -0.493 e. The number of hydrogen-bond acceptors (Lipinski definition) is 3. The van der Waals surface area contributed by atoms with Gasteiger partial charge in [0.1, 0.15) is 10.7 Å². The van der Waals surface area contributed by atoms with Gasteiger partial charge in [-0.1, -0.05) is 30.4 Å². The summed E-state index contributed by atoms with van der Waals surface area (Å²) in [5.74, 6) is 0.970. The van der Waals surface area contributed by atoms with Crippen LogP contribution in [0.1, 0.15) is 29.2 Å². The molecule has 1 unspecified atom stereocenters. The third-order valence-corrected chi connectivity index (χ3v) is 4.01. The van der Waals surface area contributed by atoms with Crippen LogP contribution in [0.15, 0.2) is 42.5 Å². The Morgan fingerprint density at radius 2 is 2.10 bits per heavy atom. The lowest BCUT2D eigenvalue weighted by molar-refractivity contribution is 0.274. The monoisotopic (exact) mass is 298 g/mol. The van der Waals surface area contributed by atoms with E-state index in [4.69, 9.17) is 22.7 Å². The van der Waals surface area contributed by atoms with E-state index in [1.165, 1.54) is 5.56 Å². The average Bonchev–Trinajstić information content (AvgIpc) is 2.47. The maximum Gasteiger partial charge on any atom is 0.124 e. The number of nitrogens with one attached hydrogen (secondary N) is 1. The van der Waals surface area contributed by atoms with E-state index in [0.717, 1.165) is 35.6 Å². The third-order valence-electron chi connectivity index (χ3n) is 3.79. The van der Waals surface area contributed by atoms with Gasteiger partial charge in [0.25, 0.3) is 0 Å². The summed E-state index contributed by atoms with van der Waals surface area (Å²) in [6.07, 6.45) is 0.952. The highest BCUT2D eigenvalue weighted by molar-refractivity contribution is 7.80. The van der Waals surface area contributed by atoms with Gasteiger partial charge in [0.2, 0.25) is 0 Å². The van der Waals surface area contributed by atoms with Crippen molar-refractivity contribution in [2.24, 2.45) is 5.73 Å². The van der Waals surface area contributed by atoms with Crippen LogP contribution < -0.4 is 15.8 Å². The summed E-state index contributed by atoms with van der Waals surface area (Å²) >= 11 is 5.05. The van der Waals surface area contributed by atoms with E-state index < -0.39 is 0 Å². The largest absolute Gasteiger partial charge is 0.493 e. The molecule has 3 nitrogen and oxygen atoms in total. The molecule has 0 saturated heterocycles. The normalized spacial score (nSPS) is 16.7. The third kappa shape index (κ3) is 2.85. The first-order chi connectivity index (χ1) is 10.1. The van der Waals surface area contributed by atoms with E-state index in [1.807, 2.05) is 37.3 Å². The molecule has 0 spiro atoms. The number of anilines is 1. The second-order valence-corrected chi connectivity index (χ2v) is 5.71. The second kappa shape index (κ2) is 5.74. The van der Waals surface area contributed by atoms with Gasteiger partial charge in [-0.3, -0.25) is 0 Å². The van der Waals surface area contributed by atoms with E-state index in [2.05, 4.69) is 17.4 Å². The number of rotatable bonds is 3. The summed E-state index contributed by atoms with van der Waals surface area (Å²) in [5.41, 5.74) is 10.0. The van der Waals surface area contributed by atoms with E-state index >= 15 is 0 Å². The van der Waals surface area contributed by atoms with Crippen LogP contribution in [0.2, 0.25) is 0 Å². The van der Waals surface area contributed by atoms with Crippen LogP contribution in [0, 0.1) is 6.92 Å². The highest BCUT2D eigenvalue weighted by atomic mass is 32.1. The van der Waals surface area contributed by atoms with Crippen molar-refractivity contribution in [3.63, 3.8) is 0 Å². The average molecular weight is 298 g/mol. The smallest absolute Gasteiger partial charge is 0.124 e. The molecule has 0 bridgehead atoms. The van der Waals surface area contributed by atoms with Crippen LogP contribution in [0.25, 0.3) is 0 Å². The Labute approximate surface area is 130 Å². The van der Waals surface area contributed by atoms with Crippen molar-refractivity contribution in [2.45, 2.75) is 19.4 Å². The molecule has 1 aliphatic rings. The van der Waals surface area contributed by atoms with Crippen LogP contribution in [0.3, 0.4) is 0 Å². The van der Waals surface area contributed by atoms with Gasteiger partial charge in [0.15, 0.2) is 0 Å². The Bertz CT molecular complexity index is 684. The number of nitrogens with two attached hydrogens (primary N) is 1. The molecule has 3 rings (SSSR count). The van der Waals surface area contributed by atoms with Crippen molar-refractivity contribution in [2.75, 3.05) is 11.9 Å². The number of benzene rings is 2. The number of para-hydroxylation sites is 1. The summed E-state index contributed by atoms with van der Waals surface area (Å²) in [5, 5.41) is 3.58. The predicted octanol–water partition coefficient (Wildman–Crippen LogP) is 3.56. The lowest BCUT2D eigenvalue weighted by Crippen LogP contribution is -2.20. The predicted molar refractivity (Wildman–Crippen MR) is 90.0 cm³/mol. The molecule has 2 aromatic rings. The molecule has 3 N–H and O–H groups in total. The Balaban J connectivity index is 1.85. The zero-order chi connectivity index (χ0) is 14.8. The molecule has 0 amide bonds. The lowest BCUT2D eigenvalue weighted by atomic mass is 9.99. The molecule has 1 atom stereocenters. The van der Waals surface area contributed by atoms with E-state index in [9.17, 15) is 0 Å². The minimum atomic E-state index is 0.269. The SMILES string of the molecule is Cc1cc(NC2CCOc3ccccc32)ccc1C(N)=S. The van der Waals surface area contributed by atoms with Gasteiger partial charge < -0.3 is 15.8 Å². The van der Waals surface area contributed by atoms with E-state index in [-0.39, 0.29) is 6.04 Å². The summed E-state index contributed by atoms with van der Waals surface area (Å²) in [6.45, 7) is 2.76. The molecule has 21 heavy (non-hydrogen) atoms. The standard InChI is InChI=1S/C17H18N2OS/c1-11-10-12(6-7-13(11)17(18)21)19-15-8-9-20-16-5-3-2-4-14(15)16/h2-7,10,15,19H,8-9H2,1H3,(H2,18,21). The van der Waals surface area contributed by atoms with Gasteiger partial charge in [-0.25, -0.2) is 0 Å². The molecule has 1 aliphatic heterocycles. The molecular formula is C17H18N2OS. The summed E-state index contributed by atoms with van der Waals surface area (Å²) in [7, 11) is 0. The maximum absolute atomic E-state index is 5.71. The number of aryl methyl sites for hydroxylation is 1. The number of ether oxygens (including phenoxy) is 1. The summed E-state index contributed by atoms with van der Waals surface area (Å²) < 4.78 is 5.69. The fourth-order valence-electron chi connectivity index (χ4n) is 2.72. The summed E-state index contributed by atoms with van der Waals surface area (Å²) in [6, 6.07) is 14.5. The van der Waals surface area contributed by atoms with Crippen molar-refractivity contribution in [3.8, 4) is 5.75 Å². The highest BCUT2D eigenvalue weighted by Crippen LogP contribution is 2.34. The minimum absolute atomic E-state index is 0.269. The van der Waals surface area contributed by atoms with Crippen LogP contribution >= 0.6 is 12.2 Å². The van der Waals surface area contributed by atoms with Gasteiger partial charge >= 0.3 is 0 Å². The molecule has 108 valence electrons. The van der Waals surface area contributed by atoms with Gasteiger partial charge in [-0.05, 0) is 36.8 Å². The van der Waals surface area contributed by atoms with Crippen molar-refractivity contribution in [1.29, 1.82) is 0 Å². The molecule has 2 aromatic carbocycles. The topological polar surface area (TPSA) is 47.3 Å². The first-order valence-corrected chi connectivity index (χ1v) is 7.44. The van der Waals surface area contributed by atoms with Gasteiger partial charge in [0, 0.05) is 23.2 Å². The molecule has 0 saturated carbocycles. The fraction of sp³-hybridized carbons (Fsp3) is 0.235. The van der Waals surface area contributed by atoms with Crippen molar-refractivity contribution in [3.05, 3.63) is 59.2 Å². The van der Waals surface area contributed by atoms with Crippen LogP contribution in [-0.4, -0.2) is 11.6 Å². The van der Waals surface area contributed by atoms with Crippen molar-refractivity contribution < 1.29 is 4.74 Å². The molecular weight excluding hydrogens is 280 g/mol. The number of hydrogen-bond donors (Lipinski definition) is 2. The van der Waals surface area contributed by atoms with Gasteiger partial charge in [-0.2, -0.15) is 0 Å². The van der Waals surface area contributed by atoms with Gasteiger partial charge in [0.05, 0.1) is 12.6 Å². The van der Waals surface area contributed by atoms with E-state index in [0.29, 0.717) is 4.99 Å².